The highest BCUT2D eigenvalue weighted by atomic mass is 31.2. The highest BCUT2D eigenvalue weighted by Gasteiger charge is 2.19. The van der Waals surface area contributed by atoms with E-state index in [0.29, 0.717) is 48.9 Å². The Labute approximate surface area is 259 Å². The molecule has 0 heterocycles. The summed E-state index contributed by atoms with van der Waals surface area (Å²) in [5.41, 5.74) is 3.89. The van der Waals surface area contributed by atoms with E-state index in [4.69, 9.17) is 14.2 Å². The van der Waals surface area contributed by atoms with Crippen molar-refractivity contribution in [3.63, 3.8) is 0 Å². The maximum atomic E-state index is 12.5. The van der Waals surface area contributed by atoms with E-state index >= 15 is 0 Å². The van der Waals surface area contributed by atoms with Crippen LogP contribution in [0.25, 0.3) is 0 Å². The molecule has 0 bridgehead atoms. The zero-order chi connectivity index (χ0) is 31.0. The molecule has 4 aromatic rings. The fraction of sp³-hybridized carbons (Fsp3) is 0.314. The van der Waals surface area contributed by atoms with Gasteiger partial charge >= 0.3 is 0 Å². The quantitative estimate of drug-likeness (QED) is 0.0796. The van der Waals surface area contributed by atoms with Crippen molar-refractivity contribution in [2.24, 2.45) is 0 Å². The number of ether oxygens (including phenoxy) is 3. The lowest BCUT2D eigenvalue weighted by molar-refractivity contribution is 0.106. The lowest BCUT2D eigenvalue weighted by atomic mass is 10.1. The van der Waals surface area contributed by atoms with Crippen LogP contribution in [-0.4, -0.2) is 53.4 Å². The molecular formula is C35H42NO7P. The van der Waals surface area contributed by atoms with E-state index in [-0.39, 0.29) is 25.7 Å². The number of aliphatic hydroxyl groups excluding tert-OH is 2. The van der Waals surface area contributed by atoms with Crippen molar-refractivity contribution in [2.75, 3.05) is 32.2 Å². The molecule has 0 aromatic heterocycles. The van der Waals surface area contributed by atoms with Crippen molar-refractivity contribution in [3.05, 3.63) is 125 Å². The zero-order valence-electron chi connectivity index (χ0n) is 24.9. The first-order chi connectivity index (χ1) is 21.4. The topological polar surface area (TPSA) is 117 Å². The molecule has 0 aliphatic heterocycles. The molecule has 0 aliphatic carbocycles. The number of hydrogen-bond donors (Lipinski definition) is 4. The molecule has 4 N–H and O–H groups in total. The van der Waals surface area contributed by atoms with Crippen LogP contribution in [0.5, 0.6) is 17.2 Å². The molecule has 0 saturated carbocycles. The highest BCUT2D eigenvalue weighted by molar-refractivity contribution is 7.57. The summed E-state index contributed by atoms with van der Waals surface area (Å²) in [5.74, 6) is 1.70. The van der Waals surface area contributed by atoms with Crippen LogP contribution < -0.4 is 19.5 Å². The number of aliphatic hydroxyl groups is 2. The van der Waals surface area contributed by atoms with Gasteiger partial charge in [0.1, 0.15) is 36.6 Å². The third-order valence-corrected chi connectivity index (χ3v) is 8.57. The summed E-state index contributed by atoms with van der Waals surface area (Å²) in [6, 6.07) is 32.5. The van der Waals surface area contributed by atoms with Crippen molar-refractivity contribution in [2.45, 2.75) is 38.6 Å². The molecule has 0 amide bonds. The number of benzene rings is 4. The Bertz CT molecular complexity index is 1430. The van der Waals surface area contributed by atoms with Crippen LogP contribution in [0.1, 0.15) is 28.7 Å². The van der Waals surface area contributed by atoms with Gasteiger partial charge in [-0.2, -0.15) is 0 Å². The summed E-state index contributed by atoms with van der Waals surface area (Å²) in [5, 5.41) is 23.4. The lowest BCUT2D eigenvalue weighted by Crippen LogP contribution is -2.32. The molecule has 9 heteroatoms. The monoisotopic (exact) mass is 619 g/mol. The third kappa shape index (κ3) is 11.8. The van der Waals surface area contributed by atoms with Gasteiger partial charge in [0.05, 0.1) is 6.61 Å². The average Bonchev–Trinajstić information content (AvgIpc) is 3.05. The average molecular weight is 620 g/mol. The second-order valence-electron chi connectivity index (χ2n) is 10.7. The normalized spacial score (nSPS) is 13.2. The molecule has 0 aliphatic rings. The summed E-state index contributed by atoms with van der Waals surface area (Å²) < 4.78 is 29.7. The molecule has 8 nitrogen and oxygen atoms in total. The fourth-order valence-corrected chi connectivity index (χ4v) is 5.70. The largest absolute Gasteiger partial charge is 0.491 e. The van der Waals surface area contributed by atoms with E-state index in [9.17, 15) is 19.7 Å². The smallest absolute Gasteiger partial charge is 0.236 e. The predicted octanol–water partition coefficient (Wildman–Crippen LogP) is 5.57. The van der Waals surface area contributed by atoms with Crippen molar-refractivity contribution in [1.82, 2.24) is 5.32 Å². The highest BCUT2D eigenvalue weighted by Crippen LogP contribution is 2.41. The van der Waals surface area contributed by atoms with E-state index in [1.807, 2.05) is 72.8 Å². The molecule has 44 heavy (non-hydrogen) atoms. The van der Waals surface area contributed by atoms with E-state index in [1.165, 1.54) is 0 Å². The Morgan fingerprint density at radius 2 is 1.41 bits per heavy atom. The SMILES string of the molecule is O=P(O)(CCCc1ccccc1)COc1ccc(CCNCC(O)COc2ccc(OCc3ccccc3)c(CO)c2)cc1. The van der Waals surface area contributed by atoms with Crippen molar-refractivity contribution < 1.29 is 33.9 Å². The third-order valence-electron chi connectivity index (χ3n) is 7.02. The summed E-state index contributed by atoms with van der Waals surface area (Å²) in [4.78, 5) is 10.3. The Morgan fingerprint density at radius 1 is 0.750 bits per heavy atom. The Hall–Kier alpha value is -3.65. The van der Waals surface area contributed by atoms with Crippen molar-refractivity contribution in [1.29, 1.82) is 0 Å². The van der Waals surface area contributed by atoms with Crippen LogP contribution in [0.4, 0.5) is 0 Å². The lowest BCUT2D eigenvalue weighted by Gasteiger charge is -2.15. The predicted molar refractivity (Wildman–Crippen MR) is 173 cm³/mol. The Kier molecular flexibility index (Phi) is 13.3. The summed E-state index contributed by atoms with van der Waals surface area (Å²) in [7, 11) is -3.37. The molecule has 234 valence electrons. The van der Waals surface area contributed by atoms with Crippen molar-refractivity contribution >= 4 is 7.37 Å². The molecule has 2 atom stereocenters. The summed E-state index contributed by atoms with van der Waals surface area (Å²) in [6.45, 7) is 1.35. The van der Waals surface area contributed by atoms with Crippen LogP contribution in [-0.2, 0) is 30.6 Å². The van der Waals surface area contributed by atoms with Gasteiger partial charge in [-0.15, -0.1) is 0 Å². The van der Waals surface area contributed by atoms with Gasteiger partial charge in [-0.3, -0.25) is 4.57 Å². The number of hydrogen-bond acceptors (Lipinski definition) is 7. The van der Waals surface area contributed by atoms with Gasteiger partial charge in [0.25, 0.3) is 0 Å². The van der Waals surface area contributed by atoms with Gasteiger partial charge in [-0.1, -0.05) is 72.8 Å². The van der Waals surface area contributed by atoms with Crippen LogP contribution >= 0.6 is 7.37 Å². The molecule has 0 radical (unpaired) electrons. The molecule has 0 spiro atoms. The number of nitrogens with one attached hydrogen (secondary N) is 1. The first-order valence-corrected chi connectivity index (χ1v) is 16.9. The minimum Gasteiger partial charge on any atom is -0.491 e. The van der Waals surface area contributed by atoms with E-state index in [1.54, 1.807) is 30.3 Å². The van der Waals surface area contributed by atoms with E-state index < -0.39 is 13.5 Å². The Morgan fingerprint density at radius 3 is 2.11 bits per heavy atom. The van der Waals surface area contributed by atoms with Crippen LogP contribution in [0.3, 0.4) is 0 Å². The van der Waals surface area contributed by atoms with Gasteiger partial charge in [-0.05, 0) is 72.8 Å². The first kappa shape index (κ1) is 33.2. The zero-order valence-corrected chi connectivity index (χ0v) is 25.8. The van der Waals surface area contributed by atoms with Gasteiger partial charge in [-0.25, -0.2) is 0 Å². The van der Waals surface area contributed by atoms with Gasteiger partial charge < -0.3 is 34.6 Å². The van der Waals surface area contributed by atoms with Gasteiger partial charge in [0.2, 0.25) is 7.37 Å². The van der Waals surface area contributed by atoms with Crippen LogP contribution in [0.15, 0.2) is 103 Å². The molecular weight excluding hydrogens is 577 g/mol. The van der Waals surface area contributed by atoms with Crippen LogP contribution in [0.2, 0.25) is 0 Å². The minimum absolute atomic E-state index is 0.106. The Balaban J connectivity index is 1.10. The molecule has 0 fully saturated rings. The van der Waals surface area contributed by atoms with Crippen LogP contribution in [0, 0.1) is 0 Å². The van der Waals surface area contributed by atoms with Gasteiger partial charge in [0.15, 0.2) is 6.35 Å². The second kappa shape index (κ2) is 17.6. The molecule has 4 aromatic carbocycles. The van der Waals surface area contributed by atoms with Gasteiger partial charge in [0, 0.05) is 18.3 Å². The summed E-state index contributed by atoms with van der Waals surface area (Å²) >= 11 is 0. The fourth-order valence-electron chi connectivity index (χ4n) is 4.57. The second-order valence-corrected chi connectivity index (χ2v) is 13.1. The molecule has 4 rings (SSSR count). The van der Waals surface area contributed by atoms with E-state index in [0.717, 1.165) is 29.5 Å². The molecule has 0 saturated heterocycles. The number of aryl methyl sites for hydroxylation is 1. The first-order valence-electron chi connectivity index (χ1n) is 14.9. The standard InChI is InChI=1S/C35H42NO7P/c37-24-31-22-34(17-18-35(31)42-25-30-10-5-2-6-11-30)41-26-32(38)23-36-20-19-29-13-15-33(16-14-29)43-27-44(39,40)21-7-12-28-8-3-1-4-9-28/h1-6,8-11,13-18,22,32,36-38H,7,12,19-21,23-27H2,(H,39,40). The maximum absolute atomic E-state index is 12.5. The number of rotatable bonds is 19. The molecule has 2 unspecified atom stereocenters. The minimum atomic E-state index is -3.37. The summed E-state index contributed by atoms with van der Waals surface area (Å²) in [6.07, 6.45) is 1.47. The van der Waals surface area contributed by atoms with Crippen molar-refractivity contribution in [3.8, 4) is 17.2 Å². The van der Waals surface area contributed by atoms with E-state index in [2.05, 4.69) is 5.32 Å². The maximum Gasteiger partial charge on any atom is 0.236 e.